The first kappa shape index (κ1) is 25.7. The van der Waals surface area contributed by atoms with Gasteiger partial charge in [0.25, 0.3) is 0 Å². The number of hydrogen-bond acceptors (Lipinski definition) is 10. The molecule has 0 bridgehead atoms. The van der Waals surface area contributed by atoms with Crippen LogP contribution in [0.4, 0.5) is 5.95 Å². The van der Waals surface area contributed by atoms with Crippen molar-refractivity contribution in [3.63, 3.8) is 0 Å². The summed E-state index contributed by atoms with van der Waals surface area (Å²) in [6, 6.07) is 15.1. The first-order valence-corrected chi connectivity index (χ1v) is 10.8. The van der Waals surface area contributed by atoms with Crippen molar-refractivity contribution in [3.8, 4) is 34.5 Å². The fraction of sp³-hybridized carbons (Fsp3) is 0.240. The van der Waals surface area contributed by atoms with Crippen LogP contribution in [-0.4, -0.2) is 43.2 Å². The van der Waals surface area contributed by atoms with E-state index >= 15 is 0 Å². The molecule has 4 rings (SSSR count). The van der Waals surface area contributed by atoms with Gasteiger partial charge >= 0.3 is 6.15 Å². The molecule has 4 aromatic rings. The van der Waals surface area contributed by atoms with Crippen LogP contribution in [0.5, 0.6) is 5.75 Å². The number of ether oxygens (including phenoxy) is 1. The number of benzene rings is 1. The number of nitriles is 1. The third kappa shape index (κ3) is 5.94. The quantitative estimate of drug-likeness (QED) is 0.445. The van der Waals surface area contributed by atoms with Gasteiger partial charge in [0.05, 0.1) is 42.5 Å². The number of methoxy groups -OCH3 is 1. The molecule has 0 aliphatic carbocycles. The van der Waals surface area contributed by atoms with Gasteiger partial charge in [-0.2, -0.15) is 14.9 Å². The molecule has 0 aliphatic heterocycles. The van der Waals surface area contributed by atoms with E-state index in [1.54, 1.807) is 29.1 Å². The Labute approximate surface area is 207 Å². The van der Waals surface area contributed by atoms with E-state index in [-0.39, 0.29) is 17.5 Å². The monoisotopic (exact) mass is 484 g/mol. The van der Waals surface area contributed by atoms with Crippen LogP contribution in [0.1, 0.15) is 37.7 Å². The van der Waals surface area contributed by atoms with E-state index in [1.165, 1.54) is 7.11 Å². The third-order valence-electron chi connectivity index (χ3n) is 5.06. The van der Waals surface area contributed by atoms with E-state index in [4.69, 9.17) is 25.0 Å². The van der Waals surface area contributed by atoms with Crippen molar-refractivity contribution in [2.24, 2.45) is 0 Å². The number of nitrogens with two attached hydrogens (primary N) is 1. The molecule has 3 heterocycles. The summed E-state index contributed by atoms with van der Waals surface area (Å²) in [5, 5.41) is 17.9. The number of anilines is 1. The Hall–Kier alpha value is -4.94. The molecule has 0 saturated heterocycles. The average Bonchev–Trinajstić information content (AvgIpc) is 3.31. The second-order valence-corrected chi connectivity index (χ2v) is 8.64. The Balaban J connectivity index is 0.00000115. The maximum Gasteiger partial charge on any atom is 0.373 e. The highest BCUT2D eigenvalue weighted by atomic mass is 16.5. The molecular formula is C25H24N8O3. The molecule has 36 heavy (non-hydrogen) atoms. The maximum atomic E-state index is 9.38. The van der Waals surface area contributed by atoms with E-state index in [0.29, 0.717) is 40.5 Å². The number of aromatic nitrogens is 6. The molecule has 182 valence electrons. The minimum atomic E-state index is -0.0394. The summed E-state index contributed by atoms with van der Waals surface area (Å²) in [5.74, 6) is 0.513. The van der Waals surface area contributed by atoms with Crippen molar-refractivity contribution in [1.82, 2.24) is 29.9 Å². The van der Waals surface area contributed by atoms with E-state index in [1.807, 2.05) is 24.3 Å². The lowest BCUT2D eigenvalue weighted by atomic mass is 9.91. The lowest BCUT2D eigenvalue weighted by Gasteiger charge is -2.18. The number of carbonyl (C=O) groups excluding carboxylic acids is 2. The molecule has 0 atom stereocenters. The minimum absolute atomic E-state index is 0.0394. The van der Waals surface area contributed by atoms with Gasteiger partial charge in [-0.25, -0.2) is 14.6 Å². The fourth-order valence-corrected chi connectivity index (χ4v) is 3.43. The summed E-state index contributed by atoms with van der Waals surface area (Å²) in [4.78, 5) is 29.7. The van der Waals surface area contributed by atoms with Crippen LogP contribution in [0.25, 0.3) is 22.6 Å². The van der Waals surface area contributed by atoms with Crippen LogP contribution in [0, 0.1) is 11.3 Å². The average molecular weight is 485 g/mol. The summed E-state index contributed by atoms with van der Waals surface area (Å²) >= 11 is 0. The predicted molar refractivity (Wildman–Crippen MR) is 129 cm³/mol. The van der Waals surface area contributed by atoms with Gasteiger partial charge in [-0.05, 0) is 30.3 Å². The maximum absolute atomic E-state index is 9.38. The first-order chi connectivity index (χ1) is 17.2. The lowest BCUT2D eigenvalue weighted by molar-refractivity contribution is -0.191. The van der Waals surface area contributed by atoms with Crippen LogP contribution in [0.15, 0.2) is 48.7 Å². The number of nitrogens with zero attached hydrogens (tertiary/aromatic N) is 7. The zero-order valence-electron chi connectivity index (χ0n) is 20.3. The van der Waals surface area contributed by atoms with Crippen LogP contribution < -0.4 is 10.5 Å². The van der Waals surface area contributed by atoms with Gasteiger partial charge in [0.1, 0.15) is 17.5 Å². The molecule has 0 saturated carbocycles. The summed E-state index contributed by atoms with van der Waals surface area (Å²) in [7, 11) is 1.51. The van der Waals surface area contributed by atoms with Crippen molar-refractivity contribution >= 4 is 12.1 Å². The van der Waals surface area contributed by atoms with Gasteiger partial charge in [0.2, 0.25) is 5.95 Å². The van der Waals surface area contributed by atoms with Gasteiger partial charge in [0.15, 0.2) is 0 Å². The van der Waals surface area contributed by atoms with Crippen LogP contribution in [0.2, 0.25) is 0 Å². The zero-order valence-corrected chi connectivity index (χ0v) is 20.3. The van der Waals surface area contributed by atoms with Crippen LogP contribution >= 0.6 is 0 Å². The zero-order chi connectivity index (χ0) is 26.3. The van der Waals surface area contributed by atoms with Crippen LogP contribution in [0.3, 0.4) is 0 Å². The Morgan fingerprint density at radius 1 is 1.03 bits per heavy atom. The lowest BCUT2D eigenvalue weighted by Crippen LogP contribution is -2.15. The van der Waals surface area contributed by atoms with Gasteiger partial charge in [-0.15, -0.1) is 5.10 Å². The number of hydrogen-bond donors (Lipinski definition) is 1. The van der Waals surface area contributed by atoms with Gasteiger partial charge < -0.3 is 10.5 Å². The van der Waals surface area contributed by atoms with Crippen molar-refractivity contribution in [2.75, 3.05) is 12.8 Å². The second-order valence-electron chi connectivity index (χ2n) is 8.64. The molecule has 0 spiro atoms. The van der Waals surface area contributed by atoms with Crippen LogP contribution in [-0.2, 0) is 21.5 Å². The normalized spacial score (nSPS) is 10.5. The SMILES string of the molecule is COc1c(C#N)cccc1-c1cc(-c2cn(Cc3cccc(C(C)(C)C)n3)nn2)nc(N)n1.O=C=O. The number of nitrogen functional groups attached to an aromatic ring is 1. The summed E-state index contributed by atoms with van der Waals surface area (Å²) < 4.78 is 7.16. The highest BCUT2D eigenvalue weighted by Gasteiger charge is 2.17. The molecule has 11 heteroatoms. The van der Waals surface area contributed by atoms with E-state index < -0.39 is 0 Å². The van der Waals surface area contributed by atoms with Crippen molar-refractivity contribution in [2.45, 2.75) is 32.7 Å². The molecule has 0 radical (unpaired) electrons. The molecule has 1 aromatic carbocycles. The largest absolute Gasteiger partial charge is 0.495 e. The summed E-state index contributed by atoms with van der Waals surface area (Å²) in [5.41, 5.74) is 10.5. The molecule has 11 nitrogen and oxygen atoms in total. The standard InChI is InChI=1S/C24H24N8O.CO2/c1-24(2,3)21-10-6-8-16(27-21)13-32-14-20(30-31-32)19-11-18(28-23(26)29-19)17-9-5-7-15(12-25)22(17)33-4;2-1-3/h5-11,14H,13H2,1-4H3,(H2,26,28,29);. The molecule has 2 N–H and O–H groups in total. The van der Waals surface area contributed by atoms with Gasteiger partial charge in [-0.3, -0.25) is 4.98 Å². The molecular weight excluding hydrogens is 460 g/mol. The molecule has 0 unspecified atom stereocenters. The molecule has 0 amide bonds. The number of para-hydroxylation sites is 1. The Morgan fingerprint density at radius 2 is 1.72 bits per heavy atom. The number of rotatable bonds is 5. The first-order valence-electron chi connectivity index (χ1n) is 10.8. The summed E-state index contributed by atoms with van der Waals surface area (Å²) in [6.45, 7) is 6.86. The van der Waals surface area contributed by atoms with Gasteiger partial charge in [0, 0.05) is 16.7 Å². The predicted octanol–water partition coefficient (Wildman–Crippen LogP) is 3.02. The molecule has 0 aliphatic rings. The Bertz CT molecular complexity index is 1440. The van der Waals surface area contributed by atoms with E-state index in [0.717, 1.165) is 11.4 Å². The molecule has 0 fully saturated rings. The topological polar surface area (TPSA) is 163 Å². The van der Waals surface area contributed by atoms with Gasteiger partial charge in [-0.1, -0.05) is 38.1 Å². The van der Waals surface area contributed by atoms with E-state index in [9.17, 15) is 5.26 Å². The smallest absolute Gasteiger partial charge is 0.373 e. The Morgan fingerprint density at radius 3 is 2.39 bits per heavy atom. The minimum Gasteiger partial charge on any atom is -0.495 e. The summed E-state index contributed by atoms with van der Waals surface area (Å²) in [6.07, 6.45) is 2.04. The fourth-order valence-electron chi connectivity index (χ4n) is 3.43. The number of pyridine rings is 1. The third-order valence-corrected chi connectivity index (χ3v) is 5.06. The second kappa shape index (κ2) is 11.0. The van der Waals surface area contributed by atoms with Crippen molar-refractivity contribution < 1.29 is 14.3 Å². The highest BCUT2D eigenvalue weighted by Crippen LogP contribution is 2.33. The Kier molecular flexibility index (Phi) is 7.84. The highest BCUT2D eigenvalue weighted by molar-refractivity contribution is 5.74. The molecule has 3 aromatic heterocycles. The van der Waals surface area contributed by atoms with Crippen molar-refractivity contribution in [3.05, 3.63) is 65.6 Å². The van der Waals surface area contributed by atoms with Crippen molar-refractivity contribution in [1.29, 1.82) is 5.26 Å². The van der Waals surface area contributed by atoms with E-state index in [2.05, 4.69) is 47.1 Å².